The largest absolute Gasteiger partial charge is 0.392 e. The van der Waals surface area contributed by atoms with E-state index in [-0.39, 0.29) is 17.6 Å². The summed E-state index contributed by atoms with van der Waals surface area (Å²) in [5.41, 5.74) is 3.48. The molecule has 134 valence electrons. The Bertz CT molecular complexity index is 751. The molecule has 2 aliphatic rings. The quantitative estimate of drug-likeness (QED) is 0.928. The standard InChI is InChI=1S/C21H28N2O2/c1-3-25-20-13-19(24)21(20)8-10-23(11-9-21)14-16-5-7-18-17(12-16)6-4-15(2)22-18/h4-7,12,19-20,24H,3,8-11,13-14H2,1-2H3/t19-,20+/m0/s1. The minimum Gasteiger partial charge on any atom is -0.392 e. The van der Waals surface area contributed by atoms with Crippen molar-refractivity contribution >= 4 is 10.9 Å². The Balaban J connectivity index is 1.41. The average Bonchev–Trinajstić information content (AvgIpc) is 2.62. The summed E-state index contributed by atoms with van der Waals surface area (Å²) in [6.45, 7) is 7.85. The molecule has 0 amide bonds. The van der Waals surface area contributed by atoms with Gasteiger partial charge in [0.15, 0.2) is 0 Å². The van der Waals surface area contributed by atoms with Gasteiger partial charge in [0.2, 0.25) is 0 Å². The number of benzene rings is 1. The van der Waals surface area contributed by atoms with E-state index >= 15 is 0 Å². The minimum atomic E-state index is -0.179. The molecule has 0 radical (unpaired) electrons. The molecule has 1 aliphatic carbocycles. The van der Waals surface area contributed by atoms with Gasteiger partial charge in [-0.1, -0.05) is 12.1 Å². The molecule has 2 atom stereocenters. The Hall–Kier alpha value is -1.49. The summed E-state index contributed by atoms with van der Waals surface area (Å²) in [5.74, 6) is 0. The Morgan fingerprint density at radius 2 is 2.04 bits per heavy atom. The molecule has 1 saturated heterocycles. The number of nitrogens with zero attached hydrogens (tertiary/aromatic N) is 2. The highest BCUT2D eigenvalue weighted by molar-refractivity contribution is 5.79. The monoisotopic (exact) mass is 340 g/mol. The number of piperidine rings is 1. The summed E-state index contributed by atoms with van der Waals surface area (Å²) < 4.78 is 5.87. The van der Waals surface area contributed by atoms with Gasteiger partial charge in [-0.25, -0.2) is 0 Å². The van der Waals surface area contributed by atoms with Crippen LogP contribution in [0, 0.1) is 12.3 Å². The van der Waals surface area contributed by atoms with Crippen LogP contribution in [0.2, 0.25) is 0 Å². The molecule has 25 heavy (non-hydrogen) atoms. The fourth-order valence-corrected chi connectivity index (χ4v) is 4.58. The predicted molar refractivity (Wildman–Crippen MR) is 99.5 cm³/mol. The number of hydrogen-bond acceptors (Lipinski definition) is 4. The second-order valence-corrected chi connectivity index (χ2v) is 7.68. The van der Waals surface area contributed by atoms with Gasteiger partial charge in [0.1, 0.15) is 0 Å². The highest BCUT2D eigenvalue weighted by Crippen LogP contribution is 2.51. The van der Waals surface area contributed by atoms with Crippen LogP contribution in [0.3, 0.4) is 0 Å². The van der Waals surface area contributed by atoms with Crippen molar-refractivity contribution in [2.45, 2.75) is 51.9 Å². The lowest BCUT2D eigenvalue weighted by Gasteiger charge is -2.56. The molecule has 1 N–H and O–H groups in total. The molecule has 4 nitrogen and oxygen atoms in total. The molecule has 4 rings (SSSR count). The molecule has 0 bridgehead atoms. The predicted octanol–water partition coefficient (Wildman–Crippen LogP) is 3.30. The van der Waals surface area contributed by atoms with E-state index in [0.29, 0.717) is 0 Å². The van der Waals surface area contributed by atoms with E-state index < -0.39 is 0 Å². The van der Waals surface area contributed by atoms with Crippen LogP contribution in [-0.4, -0.2) is 46.9 Å². The first-order valence-electron chi connectivity index (χ1n) is 9.49. The summed E-state index contributed by atoms with van der Waals surface area (Å²) in [7, 11) is 0. The first kappa shape index (κ1) is 17.0. The van der Waals surface area contributed by atoms with Crippen molar-refractivity contribution in [3.05, 3.63) is 41.6 Å². The van der Waals surface area contributed by atoms with Crippen LogP contribution in [0.15, 0.2) is 30.3 Å². The number of ether oxygens (including phenoxy) is 1. The van der Waals surface area contributed by atoms with Gasteiger partial charge in [0.05, 0.1) is 17.7 Å². The van der Waals surface area contributed by atoms with Crippen LogP contribution in [0.1, 0.15) is 37.4 Å². The van der Waals surface area contributed by atoms with E-state index in [1.165, 1.54) is 10.9 Å². The maximum atomic E-state index is 10.3. The molecule has 4 heteroatoms. The number of aliphatic hydroxyl groups is 1. The number of aliphatic hydroxyl groups excluding tert-OH is 1. The smallest absolute Gasteiger partial charge is 0.0705 e. The van der Waals surface area contributed by atoms with Gasteiger partial charge in [0.25, 0.3) is 0 Å². The van der Waals surface area contributed by atoms with Gasteiger partial charge in [-0.3, -0.25) is 9.88 Å². The Labute approximate surface area is 149 Å². The lowest BCUT2D eigenvalue weighted by Crippen LogP contribution is -2.62. The molecule has 2 aromatic rings. The zero-order valence-electron chi connectivity index (χ0n) is 15.2. The SMILES string of the molecule is CCO[C@@H]1C[C@H](O)C12CCN(Cc1ccc3nc(C)ccc3c1)CC2. The van der Waals surface area contributed by atoms with E-state index in [1.54, 1.807) is 0 Å². The van der Waals surface area contributed by atoms with Crippen LogP contribution in [0.25, 0.3) is 10.9 Å². The van der Waals surface area contributed by atoms with Crippen molar-refractivity contribution in [2.24, 2.45) is 5.41 Å². The van der Waals surface area contributed by atoms with Gasteiger partial charge in [-0.05, 0) is 63.5 Å². The number of hydrogen-bond donors (Lipinski definition) is 1. The second kappa shape index (κ2) is 6.67. The summed E-state index contributed by atoms with van der Waals surface area (Å²) in [4.78, 5) is 7.08. The van der Waals surface area contributed by atoms with Crippen molar-refractivity contribution < 1.29 is 9.84 Å². The van der Waals surface area contributed by atoms with E-state index in [4.69, 9.17) is 4.74 Å². The van der Waals surface area contributed by atoms with Gasteiger partial charge in [-0.2, -0.15) is 0 Å². The van der Waals surface area contributed by atoms with E-state index in [0.717, 1.165) is 56.7 Å². The van der Waals surface area contributed by atoms with Crippen LogP contribution in [-0.2, 0) is 11.3 Å². The van der Waals surface area contributed by atoms with E-state index in [2.05, 4.69) is 40.2 Å². The first-order chi connectivity index (χ1) is 12.1. The Morgan fingerprint density at radius 1 is 1.24 bits per heavy atom. The van der Waals surface area contributed by atoms with Crippen LogP contribution >= 0.6 is 0 Å². The van der Waals surface area contributed by atoms with Crippen LogP contribution in [0.4, 0.5) is 0 Å². The minimum absolute atomic E-state index is 0.0113. The molecule has 1 aromatic carbocycles. The number of rotatable bonds is 4. The van der Waals surface area contributed by atoms with Crippen molar-refractivity contribution in [1.82, 2.24) is 9.88 Å². The lowest BCUT2D eigenvalue weighted by atomic mass is 9.58. The highest BCUT2D eigenvalue weighted by atomic mass is 16.5. The fourth-order valence-electron chi connectivity index (χ4n) is 4.58. The van der Waals surface area contributed by atoms with Gasteiger partial charge >= 0.3 is 0 Å². The molecule has 1 aliphatic heterocycles. The molecular formula is C21H28N2O2. The van der Waals surface area contributed by atoms with Gasteiger partial charge in [-0.15, -0.1) is 0 Å². The second-order valence-electron chi connectivity index (χ2n) is 7.68. The summed E-state index contributed by atoms with van der Waals surface area (Å²) >= 11 is 0. The van der Waals surface area contributed by atoms with Crippen molar-refractivity contribution in [1.29, 1.82) is 0 Å². The maximum Gasteiger partial charge on any atom is 0.0705 e. The molecule has 1 saturated carbocycles. The topological polar surface area (TPSA) is 45.6 Å². The van der Waals surface area contributed by atoms with Crippen LogP contribution < -0.4 is 0 Å². The summed E-state index contributed by atoms with van der Waals surface area (Å²) in [6.07, 6.45) is 2.96. The molecule has 1 spiro atoms. The number of likely N-dealkylation sites (tertiary alicyclic amines) is 1. The number of pyridine rings is 1. The Morgan fingerprint density at radius 3 is 2.76 bits per heavy atom. The number of fused-ring (bicyclic) bond motifs is 1. The average molecular weight is 340 g/mol. The third-order valence-corrected chi connectivity index (χ3v) is 6.20. The van der Waals surface area contributed by atoms with Gasteiger partial charge in [0, 0.05) is 36.1 Å². The highest BCUT2D eigenvalue weighted by Gasteiger charge is 2.55. The number of aryl methyl sites for hydroxylation is 1. The Kier molecular flexibility index (Phi) is 4.52. The summed E-state index contributed by atoms with van der Waals surface area (Å²) in [6, 6.07) is 10.8. The molecule has 2 heterocycles. The molecule has 0 unspecified atom stereocenters. The fraction of sp³-hybridized carbons (Fsp3) is 0.571. The zero-order valence-corrected chi connectivity index (χ0v) is 15.2. The van der Waals surface area contributed by atoms with Crippen molar-refractivity contribution in [3.63, 3.8) is 0 Å². The summed E-state index contributed by atoms with van der Waals surface area (Å²) in [5, 5.41) is 11.5. The molecule has 1 aromatic heterocycles. The normalized spacial score (nSPS) is 26.0. The van der Waals surface area contributed by atoms with Crippen molar-refractivity contribution in [2.75, 3.05) is 19.7 Å². The van der Waals surface area contributed by atoms with E-state index in [1.807, 2.05) is 13.8 Å². The first-order valence-corrected chi connectivity index (χ1v) is 9.49. The molecular weight excluding hydrogens is 312 g/mol. The van der Waals surface area contributed by atoms with Crippen LogP contribution in [0.5, 0.6) is 0 Å². The third kappa shape index (κ3) is 3.07. The lowest BCUT2D eigenvalue weighted by molar-refractivity contribution is -0.209. The van der Waals surface area contributed by atoms with E-state index in [9.17, 15) is 5.11 Å². The zero-order chi connectivity index (χ0) is 17.4. The third-order valence-electron chi connectivity index (χ3n) is 6.20. The van der Waals surface area contributed by atoms with Crippen molar-refractivity contribution in [3.8, 4) is 0 Å². The maximum absolute atomic E-state index is 10.3. The number of aromatic nitrogens is 1. The van der Waals surface area contributed by atoms with Gasteiger partial charge < -0.3 is 9.84 Å². The molecule has 2 fully saturated rings.